The van der Waals surface area contributed by atoms with Crippen molar-refractivity contribution in [2.45, 2.75) is 45.4 Å². The van der Waals surface area contributed by atoms with Crippen LogP contribution in [0.5, 0.6) is 5.88 Å². The van der Waals surface area contributed by atoms with Crippen LogP contribution in [0.15, 0.2) is 9.79 Å². The molecular formula is C18H21N3O4S2. The van der Waals surface area contributed by atoms with E-state index in [1.54, 1.807) is 0 Å². The first kappa shape index (κ1) is 19.5. The molecule has 1 aliphatic rings. The van der Waals surface area contributed by atoms with Crippen LogP contribution in [0.2, 0.25) is 0 Å². The predicted octanol–water partition coefficient (Wildman–Crippen LogP) is 3.79. The van der Waals surface area contributed by atoms with E-state index in [0.29, 0.717) is 17.2 Å². The maximum Gasteiger partial charge on any atom is 0.341 e. The molecular weight excluding hydrogens is 386 g/mol. The van der Waals surface area contributed by atoms with Gasteiger partial charge in [-0.25, -0.2) is 9.79 Å². The van der Waals surface area contributed by atoms with Crippen LogP contribution in [0.4, 0.5) is 5.00 Å². The molecule has 0 atom stereocenters. The molecule has 2 heterocycles. The Morgan fingerprint density at radius 1 is 1.37 bits per heavy atom. The normalized spacial score (nSPS) is 13.7. The van der Waals surface area contributed by atoms with Crippen LogP contribution in [0.1, 0.15) is 59.0 Å². The minimum absolute atomic E-state index is 0.0291. The first-order valence-corrected chi connectivity index (χ1v) is 10.1. The second-order valence-electron chi connectivity index (χ2n) is 6.31. The monoisotopic (exact) mass is 407 g/mol. The van der Waals surface area contributed by atoms with Gasteiger partial charge < -0.3 is 14.8 Å². The Labute approximate surface area is 165 Å². The number of carbonyl (C=O) groups is 1. The lowest BCUT2D eigenvalue weighted by Gasteiger charge is -2.12. The predicted molar refractivity (Wildman–Crippen MR) is 107 cm³/mol. The van der Waals surface area contributed by atoms with E-state index in [1.165, 1.54) is 17.6 Å². The van der Waals surface area contributed by atoms with Crippen molar-refractivity contribution < 1.29 is 14.6 Å². The number of ether oxygens (including phenoxy) is 1. The van der Waals surface area contributed by atoms with Crippen LogP contribution in [0.3, 0.4) is 0 Å². The first-order chi connectivity index (χ1) is 13.0. The van der Waals surface area contributed by atoms with E-state index in [2.05, 4.69) is 15.0 Å². The number of hydrogen-bond acceptors (Lipinski definition) is 7. The highest BCUT2D eigenvalue weighted by Crippen LogP contribution is 2.40. The number of aromatic amines is 2. The molecule has 3 N–H and O–H groups in total. The van der Waals surface area contributed by atoms with Gasteiger partial charge in [-0.2, -0.15) is 0 Å². The number of thiophene rings is 1. The van der Waals surface area contributed by atoms with Gasteiger partial charge in [0.2, 0.25) is 5.88 Å². The topological polar surface area (TPSA) is 108 Å². The van der Waals surface area contributed by atoms with E-state index < -0.39 is 5.56 Å². The van der Waals surface area contributed by atoms with Crippen molar-refractivity contribution in [2.24, 2.45) is 4.99 Å². The van der Waals surface area contributed by atoms with Crippen LogP contribution in [0, 0.1) is 4.77 Å². The number of esters is 1. The molecule has 0 spiro atoms. The highest BCUT2D eigenvalue weighted by Gasteiger charge is 2.26. The summed E-state index contributed by atoms with van der Waals surface area (Å²) < 4.78 is 5.43. The van der Waals surface area contributed by atoms with Crippen molar-refractivity contribution in [1.82, 2.24) is 9.97 Å². The van der Waals surface area contributed by atoms with Crippen LogP contribution >= 0.6 is 23.6 Å². The van der Waals surface area contributed by atoms with E-state index in [9.17, 15) is 14.7 Å². The second kappa shape index (κ2) is 8.62. The molecule has 2 aromatic heterocycles. The number of nitrogens with zero attached hydrogens (tertiary/aromatic N) is 1. The zero-order chi connectivity index (χ0) is 19.4. The van der Waals surface area contributed by atoms with Gasteiger partial charge in [0.1, 0.15) is 10.6 Å². The number of aromatic hydroxyl groups is 1. The molecule has 27 heavy (non-hydrogen) atoms. The number of unbranched alkanes of at least 4 members (excludes halogenated alkanes) is 1. The molecule has 0 aromatic carbocycles. The molecule has 0 saturated carbocycles. The molecule has 2 aromatic rings. The lowest BCUT2D eigenvalue weighted by Crippen LogP contribution is -2.13. The van der Waals surface area contributed by atoms with E-state index in [1.807, 2.05) is 6.92 Å². The van der Waals surface area contributed by atoms with Gasteiger partial charge in [-0.15, -0.1) is 11.3 Å². The van der Waals surface area contributed by atoms with Crippen molar-refractivity contribution in [3.05, 3.63) is 36.7 Å². The number of hydrogen-bond donors (Lipinski definition) is 3. The van der Waals surface area contributed by atoms with Gasteiger partial charge in [-0.1, -0.05) is 13.3 Å². The maximum absolute atomic E-state index is 12.6. The standard InChI is InChI=1S/C18H21N3O4S2/c1-2-3-8-25-17(24)13-10-6-4-5-7-12(10)27-16(13)19-9-11-14(22)20-18(26)21-15(11)23/h9H,2-8H2,1H3,(H3,20,21,22,23,26)/b19-9+. The van der Waals surface area contributed by atoms with Gasteiger partial charge in [0, 0.05) is 11.1 Å². The van der Waals surface area contributed by atoms with E-state index in [4.69, 9.17) is 17.0 Å². The molecule has 0 bridgehead atoms. The molecule has 0 radical (unpaired) electrons. The fraction of sp³-hybridized carbons (Fsp3) is 0.444. The number of nitrogens with one attached hydrogen (secondary N) is 2. The molecule has 0 fully saturated rings. The maximum atomic E-state index is 12.6. The summed E-state index contributed by atoms with van der Waals surface area (Å²) in [5.74, 6) is -0.735. The smallest absolute Gasteiger partial charge is 0.341 e. The second-order valence-corrected chi connectivity index (χ2v) is 7.80. The zero-order valence-corrected chi connectivity index (χ0v) is 16.6. The Morgan fingerprint density at radius 3 is 2.89 bits per heavy atom. The summed E-state index contributed by atoms with van der Waals surface area (Å²) in [6.07, 6.45) is 6.84. The molecule has 1 aliphatic carbocycles. The molecule has 144 valence electrons. The minimum Gasteiger partial charge on any atom is -0.494 e. The SMILES string of the molecule is CCCCOC(=O)c1c(/N=C/c2c(O)[nH]c(=S)[nH]c2=O)sc2c1CCCC2. The Balaban J connectivity index is 1.98. The number of aromatic nitrogens is 2. The number of fused-ring (bicyclic) bond motifs is 1. The van der Waals surface area contributed by atoms with Gasteiger partial charge in [0.05, 0.1) is 12.2 Å². The Morgan fingerprint density at radius 2 is 2.15 bits per heavy atom. The lowest BCUT2D eigenvalue weighted by atomic mass is 9.95. The number of carbonyl (C=O) groups excluding carboxylic acids is 1. The zero-order valence-electron chi connectivity index (χ0n) is 15.0. The molecule has 0 aliphatic heterocycles. The van der Waals surface area contributed by atoms with Gasteiger partial charge >= 0.3 is 5.97 Å². The first-order valence-electron chi connectivity index (χ1n) is 8.92. The van der Waals surface area contributed by atoms with Gasteiger partial charge in [-0.05, 0) is 49.9 Å². The van der Waals surface area contributed by atoms with Crippen LogP contribution in [-0.2, 0) is 17.6 Å². The quantitative estimate of drug-likeness (QED) is 0.292. The summed E-state index contributed by atoms with van der Waals surface area (Å²) in [7, 11) is 0. The van der Waals surface area contributed by atoms with Crippen molar-refractivity contribution in [3.63, 3.8) is 0 Å². The highest BCUT2D eigenvalue weighted by atomic mass is 32.1. The Kier molecular flexibility index (Phi) is 6.22. The summed E-state index contributed by atoms with van der Waals surface area (Å²) in [6.45, 7) is 2.41. The van der Waals surface area contributed by atoms with Crippen molar-refractivity contribution in [3.8, 4) is 5.88 Å². The van der Waals surface area contributed by atoms with Crippen LogP contribution < -0.4 is 5.56 Å². The minimum atomic E-state index is -0.548. The van der Waals surface area contributed by atoms with E-state index >= 15 is 0 Å². The third-order valence-electron chi connectivity index (χ3n) is 4.36. The van der Waals surface area contributed by atoms with Crippen molar-refractivity contribution in [2.75, 3.05) is 6.61 Å². The molecule has 0 saturated heterocycles. The largest absolute Gasteiger partial charge is 0.494 e. The summed E-state index contributed by atoms with van der Waals surface area (Å²) in [4.78, 5) is 35.0. The summed E-state index contributed by atoms with van der Waals surface area (Å²) >= 11 is 6.25. The third-order valence-corrected chi connectivity index (χ3v) is 5.76. The van der Waals surface area contributed by atoms with Crippen molar-refractivity contribution in [1.29, 1.82) is 0 Å². The number of rotatable bonds is 6. The highest BCUT2D eigenvalue weighted by molar-refractivity contribution is 7.71. The molecule has 9 heteroatoms. The number of aryl methyl sites for hydroxylation is 1. The van der Waals surface area contributed by atoms with Crippen molar-refractivity contribution >= 4 is 40.7 Å². The van der Waals surface area contributed by atoms with Crippen LogP contribution in [-0.4, -0.2) is 33.9 Å². The lowest BCUT2D eigenvalue weighted by molar-refractivity contribution is 0.0500. The average Bonchev–Trinajstić information content (AvgIpc) is 2.99. The molecule has 0 amide bonds. The average molecular weight is 408 g/mol. The Bertz CT molecular complexity index is 987. The molecule has 3 rings (SSSR count). The van der Waals surface area contributed by atoms with E-state index in [0.717, 1.165) is 49.0 Å². The van der Waals surface area contributed by atoms with E-state index in [-0.39, 0.29) is 22.2 Å². The number of aliphatic imine (C=N–C) groups is 1. The molecule has 0 unspecified atom stereocenters. The molecule has 7 nitrogen and oxygen atoms in total. The van der Waals surface area contributed by atoms with Gasteiger partial charge in [0.15, 0.2) is 4.77 Å². The van der Waals surface area contributed by atoms with Crippen LogP contribution in [0.25, 0.3) is 0 Å². The third kappa shape index (κ3) is 4.36. The fourth-order valence-corrected chi connectivity index (χ4v) is 4.37. The summed E-state index contributed by atoms with van der Waals surface area (Å²) in [5, 5.41) is 10.4. The number of H-pyrrole nitrogens is 2. The van der Waals surface area contributed by atoms with Gasteiger partial charge in [-0.3, -0.25) is 9.78 Å². The van der Waals surface area contributed by atoms with Gasteiger partial charge in [0.25, 0.3) is 5.56 Å². The summed E-state index contributed by atoms with van der Waals surface area (Å²) in [6, 6.07) is 0. The Hall–Kier alpha value is -2.26. The summed E-state index contributed by atoms with van der Waals surface area (Å²) in [5.41, 5.74) is 0.904. The fourth-order valence-electron chi connectivity index (χ4n) is 2.96.